The van der Waals surface area contributed by atoms with E-state index in [1.807, 2.05) is 6.07 Å². The molecule has 0 atom stereocenters. The van der Waals surface area contributed by atoms with Gasteiger partial charge in [0.1, 0.15) is 11.6 Å². The third kappa shape index (κ3) is 1.55. The van der Waals surface area contributed by atoms with E-state index in [0.29, 0.717) is 16.6 Å². The second-order valence-electron chi connectivity index (χ2n) is 3.19. The van der Waals surface area contributed by atoms with Crippen molar-refractivity contribution in [2.45, 2.75) is 0 Å². The minimum atomic E-state index is -0.497. The SMILES string of the molecule is CNc1c(C#N)cnc2c(F)cc(Cl)cc12. The fourth-order valence-electron chi connectivity index (χ4n) is 1.58. The van der Waals surface area contributed by atoms with Crippen LogP contribution in [0, 0.1) is 17.1 Å². The second-order valence-corrected chi connectivity index (χ2v) is 3.63. The van der Waals surface area contributed by atoms with Crippen molar-refractivity contribution in [2.24, 2.45) is 0 Å². The molecule has 0 aliphatic heterocycles. The Balaban J connectivity index is 2.93. The number of halogens is 2. The zero-order valence-corrected chi connectivity index (χ0v) is 9.14. The Morgan fingerprint density at radius 2 is 2.25 bits per heavy atom. The molecule has 1 aromatic heterocycles. The first-order chi connectivity index (χ1) is 7.67. The summed E-state index contributed by atoms with van der Waals surface area (Å²) in [5, 5.41) is 12.5. The average Bonchev–Trinajstić information content (AvgIpc) is 2.27. The van der Waals surface area contributed by atoms with Gasteiger partial charge in [-0.25, -0.2) is 4.39 Å². The molecule has 0 radical (unpaired) electrons. The fraction of sp³-hybridized carbons (Fsp3) is 0.0909. The number of fused-ring (bicyclic) bond motifs is 1. The van der Waals surface area contributed by atoms with Crippen LogP contribution in [0.2, 0.25) is 5.02 Å². The van der Waals surface area contributed by atoms with E-state index in [2.05, 4.69) is 10.3 Å². The lowest BCUT2D eigenvalue weighted by molar-refractivity contribution is 0.637. The van der Waals surface area contributed by atoms with E-state index >= 15 is 0 Å². The van der Waals surface area contributed by atoms with Gasteiger partial charge < -0.3 is 5.32 Å². The lowest BCUT2D eigenvalue weighted by Crippen LogP contribution is -1.97. The van der Waals surface area contributed by atoms with Gasteiger partial charge in [-0.15, -0.1) is 0 Å². The molecule has 0 bridgehead atoms. The standard InChI is InChI=1S/C11H7ClFN3/c1-15-10-6(4-14)5-16-11-8(10)2-7(12)3-9(11)13/h2-3,5H,1H3,(H,15,16). The predicted octanol–water partition coefficient (Wildman–Crippen LogP) is 2.94. The molecule has 0 unspecified atom stereocenters. The molecule has 5 heteroatoms. The third-order valence-electron chi connectivity index (χ3n) is 2.26. The summed E-state index contributed by atoms with van der Waals surface area (Å²) in [6.45, 7) is 0. The summed E-state index contributed by atoms with van der Waals surface area (Å²) >= 11 is 5.77. The minimum Gasteiger partial charge on any atom is -0.386 e. The number of hydrogen-bond acceptors (Lipinski definition) is 3. The fourth-order valence-corrected chi connectivity index (χ4v) is 1.79. The second kappa shape index (κ2) is 3.95. The largest absolute Gasteiger partial charge is 0.386 e. The van der Waals surface area contributed by atoms with Crippen LogP contribution in [0.1, 0.15) is 5.56 Å². The van der Waals surface area contributed by atoms with E-state index in [1.54, 1.807) is 13.1 Å². The number of nitriles is 1. The van der Waals surface area contributed by atoms with Crippen LogP contribution in [0.3, 0.4) is 0 Å². The first-order valence-corrected chi connectivity index (χ1v) is 4.90. The quantitative estimate of drug-likeness (QED) is 0.827. The van der Waals surface area contributed by atoms with Crippen LogP contribution in [0.25, 0.3) is 10.9 Å². The van der Waals surface area contributed by atoms with Gasteiger partial charge in [0.25, 0.3) is 0 Å². The normalized spacial score (nSPS) is 10.1. The molecule has 0 spiro atoms. The lowest BCUT2D eigenvalue weighted by atomic mass is 10.1. The Morgan fingerprint density at radius 1 is 1.50 bits per heavy atom. The average molecular weight is 236 g/mol. The Bertz CT molecular complexity index is 604. The van der Waals surface area contributed by atoms with Crippen molar-refractivity contribution in [1.82, 2.24) is 4.98 Å². The van der Waals surface area contributed by atoms with Crippen molar-refractivity contribution in [3.05, 3.63) is 34.7 Å². The van der Waals surface area contributed by atoms with Gasteiger partial charge in [-0.3, -0.25) is 4.98 Å². The Morgan fingerprint density at radius 3 is 2.88 bits per heavy atom. The smallest absolute Gasteiger partial charge is 0.150 e. The number of aromatic nitrogens is 1. The highest BCUT2D eigenvalue weighted by molar-refractivity contribution is 6.31. The van der Waals surface area contributed by atoms with Crippen molar-refractivity contribution >= 4 is 28.2 Å². The highest BCUT2D eigenvalue weighted by atomic mass is 35.5. The molecule has 3 nitrogen and oxygen atoms in total. The van der Waals surface area contributed by atoms with Gasteiger partial charge in [0.2, 0.25) is 0 Å². The summed E-state index contributed by atoms with van der Waals surface area (Å²) in [4.78, 5) is 3.91. The first kappa shape index (κ1) is 10.7. The molecule has 0 amide bonds. The number of pyridine rings is 1. The van der Waals surface area contributed by atoms with E-state index in [-0.39, 0.29) is 10.5 Å². The predicted molar refractivity (Wildman–Crippen MR) is 61.0 cm³/mol. The number of nitrogens with zero attached hydrogens (tertiary/aromatic N) is 2. The molecule has 16 heavy (non-hydrogen) atoms. The maximum atomic E-state index is 13.5. The van der Waals surface area contributed by atoms with E-state index in [4.69, 9.17) is 16.9 Å². The van der Waals surface area contributed by atoms with Gasteiger partial charge in [0.15, 0.2) is 5.82 Å². The van der Waals surface area contributed by atoms with Crippen LogP contribution in [0.15, 0.2) is 18.3 Å². The topological polar surface area (TPSA) is 48.7 Å². The van der Waals surface area contributed by atoms with E-state index in [9.17, 15) is 4.39 Å². The molecule has 0 saturated heterocycles. The minimum absolute atomic E-state index is 0.202. The highest BCUT2D eigenvalue weighted by Gasteiger charge is 2.11. The third-order valence-corrected chi connectivity index (χ3v) is 2.48. The number of hydrogen-bond donors (Lipinski definition) is 1. The number of nitrogens with one attached hydrogen (secondary N) is 1. The van der Waals surface area contributed by atoms with Crippen LogP contribution < -0.4 is 5.32 Å². The van der Waals surface area contributed by atoms with E-state index in [1.165, 1.54) is 12.3 Å². The van der Waals surface area contributed by atoms with Crippen LogP contribution in [-0.2, 0) is 0 Å². The molecule has 1 aromatic carbocycles. The van der Waals surface area contributed by atoms with Gasteiger partial charge in [0.05, 0.1) is 11.3 Å². The summed E-state index contributed by atoms with van der Waals surface area (Å²) in [7, 11) is 1.66. The van der Waals surface area contributed by atoms with Crippen LogP contribution in [0.5, 0.6) is 0 Å². The summed E-state index contributed by atoms with van der Waals surface area (Å²) < 4.78 is 13.5. The van der Waals surface area contributed by atoms with Crippen molar-refractivity contribution in [3.8, 4) is 6.07 Å². The van der Waals surface area contributed by atoms with Gasteiger partial charge in [0, 0.05) is 23.7 Å². The maximum absolute atomic E-state index is 13.5. The molecular formula is C11H7ClFN3. The Kier molecular flexibility index (Phi) is 2.63. The highest BCUT2D eigenvalue weighted by Crippen LogP contribution is 2.29. The Hall–Kier alpha value is -1.86. The van der Waals surface area contributed by atoms with Gasteiger partial charge in [-0.2, -0.15) is 5.26 Å². The molecule has 1 N–H and O–H groups in total. The molecule has 1 heterocycles. The van der Waals surface area contributed by atoms with Gasteiger partial charge in [-0.05, 0) is 12.1 Å². The molecule has 0 aliphatic rings. The van der Waals surface area contributed by atoms with Crippen LogP contribution in [0.4, 0.5) is 10.1 Å². The van der Waals surface area contributed by atoms with Gasteiger partial charge >= 0.3 is 0 Å². The van der Waals surface area contributed by atoms with Crippen molar-refractivity contribution in [1.29, 1.82) is 5.26 Å². The number of rotatable bonds is 1. The summed E-state index contributed by atoms with van der Waals surface area (Å²) in [6.07, 6.45) is 1.34. The molecule has 2 rings (SSSR count). The monoisotopic (exact) mass is 235 g/mol. The first-order valence-electron chi connectivity index (χ1n) is 4.53. The number of benzene rings is 1. The zero-order valence-electron chi connectivity index (χ0n) is 8.38. The lowest BCUT2D eigenvalue weighted by Gasteiger charge is -2.08. The maximum Gasteiger partial charge on any atom is 0.150 e. The summed E-state index contributed by atoms with van der Waals surface area (Å²) in [5.74, 6) is -0.497. The molecule has 0 saturated carbocycles. The Labute approximate surface area is 96.5 Å². The molecule has 0 aliphatic carbocycles. The van der Waals surface area contributed by atoms with Crippen LogP contribution in [-0.4, -0.2) is 12.0 Å². The number of anilines is 1. The molecule has 2 aromatic rings. The molecule has 0 fully saturated rings. The van der Waals surface area contributed by atoms with E-state index in [0.717, 1.165) is 0 Å². The summed E-state index contributed by atoms with van der Waals surface area (Å²) in [5.41, 5.74) is 1.10. The van der Waals surface area contributed by atoms with Crippen molar-refractivity contribution < 1.29 is 4.39 Å². The van der Waals surface area contributed by atoms with E-state index < -0.39 is 5.82 Å². The molecular weight excluding hydrogens is 229 g/mol. The van der Waals surface area contributed by atoms with Crippen molar-refractivity contribution in [3.63, 3.8) is 0 Å². The van der Waals surface area contributed by atoms with Crippen LogP contribution >= 0.6 is 11.6 Å². The zero-order chi connectivity index (χ0) is 11.7. The van der Waals surface area contributed by atoms with Gasteiger partial charge in [-0.1, -0.05) is 11.6 Å². The molecule has 80 valence electrons. The summed E-state index contributed by atoms with van der Waals surface area (Å²) in [6, 6.07) is 4.77. The van der Waals surface area contributed by atoms with Crippen molar-refractivity contribution in [2.75, 3.05) is 12.4 Å².